The third kappa shape index (κ3) is 8.05. The molecule has 3 N–H and O–H groups in total. The fourth-order valence-corrected chi connectivity index (χ4v) is 2.96. The molecule has 2 aromatic carbocycles. The van der Waals surface area contributed by atoms with E-state index in [9.17, 15) is 13.6 Å². The number of carbonyl (C=O) groups is 1. The van der Waals surface area contributed by atoms with Crippen LogP contribution in [0.15, 0.2) is 47.5 Å². The molecular weight excluding hydrogens is 418 g/mol. The molecule has 2 rings (SSSR count). The van der Waals surface area contributed by atoms with Crippen molar-refractivity contribution in [1.82, 2.24) is 16.0 Å². The third-order valence-electron chi connectivity index (χ3n) is 4.41. The van der Waals surface area contributed by atoms with Crippen molar-refractivity contribution in [2.24, 2.45) is 4.99 Å². The van der Waals surface area contributed by atoms with Crippen LogP contribution in [0.25, 0.3) is 0 Å². The van der Waals surface area contributed by atoms with Gasteiger partial charge < -0.3 is 25.4 Å². The maximum absolute atomic E-state index is 12.6. The van der Waals surface area contributed by atoms with E-state index in [1.54, 1.807) is 32.2 Å². The molecule has 0 heterocycles. The van der Waals surface area contributed by atoms with Crippen molar-refractivity contribution in [3.63, 3.8) is 0 Å². The van der Waals surface area contributed by atoms with E-state index in [0.29, 0.717) is 44.2 Å². The van der Waals surface area contributed by atoms with E-state index < -0.39 is 6.61 Å². The van der Waals surface area contributed by atoms with E-state index in [1.165, 1.54) is 6.07 Å². The van der Waals surface area contributed by atoms with Gasteiger partial charge in [-0.2, -0.15) is 8.78 Å². The first kappa shape index (κ1) is 24.9. The van der Waals surface area contributed by atoms with Gasteiger partial charge in [-0.05, 0) is 55.7 Å². The van der Waals surface area contributed by atoms with Crippen molar-refractivity contribution in [3.05, 3.63) is 59.2 Å². The summed E-state index contributed by atoms with van der Waals surface area (Å²) in [5.74, 6) is 0.764. The second-order valence-corrected chi connectivity index (χ2v) is 6.74. The minimum atomic E-state index is -2.92. The number of carbonyl (C=O) groups excluding carboxylic acids is 1. The van der Waals surface area contributed by atoms with Crippen LogP contribution >= 0.6 is 0 Å². The molecule has 0 aliphatic carbocycles. The summed E-state index contributed by atoms with van der Waals surface area (Å²) in [4.78, 5) is 16.3. The highest BCUT2D eigenvalue weighted by atomic mass is 19.3. The first-order valence-electron chi connectivity index (χ1n) is 10.5. The highest BCUT2D eigenvalue weighted by Gasteiger charge is 2.11. The standard InChI is InChI=1S/C23H30F2N4O3/c1-4-27-23(28-12-11-16-7-6-8-18(13-16)21(30)26-3)29-15-17-9-10-19(32-22(24)25)20(14-17)31-5-2/h6-10,13-14,22H,4-5,11-12,15H2,1-3H3,(H,26,30)(H2,27,28,29). The quantitative estimate of drug-likeness (QED) is 0.363. The second kappa shape index (κ2) is 13.1. The largest absolute Gasteiger partial charge is 0.490 e. The Morgan fingerprint density at radius 1 is 1.06 bits per heavy atom. The van der Waals surface area contributed by atoms with Gasteiger partial charge in [-0.15, -0.1) is 0 Å². The summed E-state index contributed by atoms with van der Waals surface area (Å²) in [6, 6.07) is 12.3. The monoisotopic (exact) mass is 448 g/mol. The Balaban J connectivity index is 2.00. The SMILES string of the molecule is CCNC(=NCc1ccc(OC(F)F)c(OCC)c1)NCCc1cccc(C(=O)NC)c1. The highest BCUT2D eigenvalue weighted by Crippen LogP contribution is 2.30. The van der Waals surface area contributed by atoms with Crippen molar-refractivity contribution < 1.29 is 23.0 Å². The number of nitrogens with one attached hydrogen (secondary N) is 3. The van der Waals surface area contributed by atoms with Crippen LogP contribution in [0.5, 0.6) is 11.5 Å². The Labute approximate surface area is 187 Å². The Morgan fingerprint density at radius 3 is 2.56 bits per heavy atom. The van der Waals surface area contributed by atoms with Crippen LogP contribution in [0.2, 0.25) is 0 Å². The Bertz CT molecular complexity index is 907. The number of alkyl halides is 2. The number of amides is 1. The van der Waals surface area contributed by atoms with Gasteiger partial charge in [0.25, 0.3) is 5.91 Å². The molecule has 0 aliphatic rings. The molecule has 0 saturated carbocycles. The molecule has 7 nitrogen and oxygen atoms in total. The number of hydrogen-bond acceptors (Lipinski definition) is 4. The average Bonchev–Trinajstić information content (AvgIpc) is 2.78. The minimum Gasteiger partial charge on any atom is -0.490 e. The zero-order valence-corrected chi connectivity index (χ0v) is 18.6. The summed E-state index contributed by atoms with van der Waals surface area (Å²) >= 11 is 0. The normalized spacial score (nSPS) is 11.2. The van der Waals surface area contributed by atoms with Crippen LogP contribution in [0.3, 0.4) is 0 Å². The predicted molar refractivity (Wildman–Crippen MR) is 121 cm³/mol. The maximum Gasteiger partial charge on any atom is 0.387 e. The van der Waals surface area contributed by atoms with Crippen LogP contribution in [-0.4, -0.2) is 45.2 Å². The van der Waals surface area contributed by atoms with Gasteiger partial charge in [0.15, 0.2) is 17.5 Å². The zero-order valence-electron chi connectivity index (χ0n) is 18.6. The van der Waals surface area contributed by atoms with Crippen LogP contribution < -0.4 is 25.4 Å². The second-order valence-electron chi connectivity index (χ2n) is 6.74. The Kier molecular flexibility index (Phi) is 10.2. The van der Waals surface area contributed by atoms with Crippen LogP contribution in [-0.2, 0) is 13.0 Å². The van der Waals surface area contributed by atoms with Crippen LogP contribution in [0, 0.1) is 0 Å². The Hall–Kier alpha value is -3.36. The molecule has 0 aromatic heterocycles. The number of benzene rings is 2. The number of guanidine groups is 1. The van der Waals surface area contributed by atoms with Crippen molar-refractivity contribution in [3.8, 4) is 11.5 Å². The summed E-state index contributed by atoms with van der Waals surface area (Å²) in [6.45, 7) is 2.79. The molecule has 0 spiro atoms. The molecule has 2 aromatic rings. The molecule has 174 valence electrons. The summed E-state index contributed by atoms with van der Waals surface area (Å²) in [5.41, 5.74) is 2.45. The van der Waals surface area contributed by atoms with Gasteiger partial charge >= 0.3 is 6.61 Å². The summed E-state index contributed by atoms with van der Waals surface area (Å²) < 4.78 is 35.0. The molecule has 0 bridgehead atoms. The topological polar surface area (TPSA) is 84.0 Å². The molecular formula is C23H30F2N4O3. The minimum absolute atomic E-state index is 0.00130. The number of halogens is 2. The lowest BCUT2D eigenvalue weighted by Gasteiger charge is -2.13. The fourth-order valence-electron chi connectivity index (χ4n) is 2.96. The molecule has 32 heavy (non-hydrogen) atoms. The molecule has 9 heteroatoms. The lowest BCUT2D eigenvalue weighted by Crippen LogP contribution is -2.38. The Morgan fingerprint density at radius 2 is 1.88 bits per heavy atom. The molecule has 0 aliphatic heterocycles. The van der Waals surface area contributed by atoms with Crippen LogP contribution in [0.1, 0.15) is 35.3 Å². The van der Waals surface area contributed by atoms with Crippen LogP contribution in [0.4, 0.5) is 8.78 Å². The van der Waals surface area contributed by atoms with E-state index >= 15 is 0 Å². The average molecular weight is 449 g/mol. The molecule has 0 unspecified atom stereocenters. The van der Waals surface area contributed by atoms with E-state index in [2.05, 4.69) is 25.7 Å². The first-order valence-corrected chi connectivity index (χ1v) is 10.5. The van der Waals surface area contributed by atoms with Gasteiger partial charge in [-0.1, -0.05) is 18.2 Å². The van der Waals surface area contributed by atoms with E-state index in [1.807, 2.05) is 25.1 Å². The van der Waals surface area contributed by atoms with Gasteiger partial charge in [-0.3, -0.25) is 4.79 Å². The third-order valence-corrected chi connectivity index (χ3v) is 4.41. The summed E-state index contributed by atoms with van der Waals surface area (Å²) in [5, 5.41) is 9.06. The molecule has 0 atom stereocenters. The van der Waals surface area contributed by atoms with Gasteiger partial charge in [0.2, 0.25) is 0 Å². The van der Waals surface area contributed by atoms with Gasteiger partial charge in [0.1, 0.15) is 0 Å². The molecule has 0 saturated heterocycles. The fraction of sp³-hybridized carbons (Fsp3) is 0.391. The van der Waals surface area contributed by atoms with Crippen molar-refractivity contribution >= 4 is 11.9 Å². The van der Waals surface area contributed by atoms with Gasteiger partial charge in [0, 0.05) is 25.7 Å². The number of aliphatic imine (C=N–C) groups is 1. The molecule has 1 amide bonds. The first-order chi connectivity index (χ1) is 15.5. The van der Waals surface area contributed by atoms with E-state index in [-0.39, 0.29) is 17.4 Å². The summed E-state index contributed by atoms with van der Waals surface area (Å²) in [7, 11) is 1.60. The van der Waals surface area contributed by atoms with Crippen molar-refractivity contribution in [1.29, 1.82) is 0 Å². The lowest BCUT2D eigenvalue weighted by atomic mass is 10.1. The van der Waals surface area contributed by atoms with E-state index in [4.69, 9.17) is 4.74 Å². The maximum atomic E-state index is 12.6. The van der Waals surface area contributed by atoms with Crippen molar-refractivity contribution in [2.75, 3.05) is 26.7 Å². The molecule has 0 radical (unpaired) electrons. The lowest BCUT2D eigenvalue weighted by molar-refractivity contribution is -0.0514. The number of nitrogens with zero attached hydrogens (tertiary/aromatic N) is 1. The highest BCUT2D eigenvalue weighted by molar-refractivity contribution is 5.94. The van der Waals surface area contributed by atoms with Crippen molar-refractivity contribution in [2.45, 2.75) is 33.4 Å². The molecule has 0 fully saturated rings. The smallest absolute Gasteiger partial charge is 0.387 e. The van der Waals surface area contributed by atoms with Gasteiger partial charge in [0.05, 0.1) is 13.2 Å². The number of hydrogen-bond donors (Lipinski definition) is 3. The predicted octanol–water partition coefficient (Wildman–Crippen LogP) is 3.34. The number of rotatable bonds is 11. The number of ether oxygens (including phenoxy) is 2. The summed E-state index contributed by atoms with van der Waals surface area (Å²) in [6.07, 6.45) is 0.712. The van der Waals surface area contributed by atoms with E-state index in [0.717, 1.165) is 11.1 Å². The zero-order chi connectivity index (χ0) is 23.3. The van der Waals surface area contributed by atoms with Gasteiger partial charge in [-0.25, -0.2) is 4.99 Å².